The summed E-state index contributed by atoms with van der Waals surface area (Å²) < 4.78 is 11.0. The molecule has 0 aliphatic rings. The number of benzene rings is 1. The van der Waals surface area contributed by atoms with Crippen LogP contribution in [0.1, 0.15) is 38.7 Å². The summed E-state index contributed by atoms with van der Waals surface area (Å²) in [6, 6.07) is 6.00. The summed E-state index contributed by atoms with van der Waals surface area (Å²) in [5.74, 6) is 1.79. The molecule has 0 bridgehead atoms. The molecule has 18 heavy (non-hydrogen) atoms. The van der Waals surface area contributed by atoms with Gasteiger partial charge in [0.15, 0.2) is 11.5 Å². The van der Waals surface area contributed by atoms with Gasteiger partial charge in [0.25, 0.3) is 0 Å². The van der Waals surface area contributed by atoms with Crippen LogP contribution < -0.4 is 9.47 Å². The van der Waals surface area contributed by atoms with Crippen LogP contribution in [0.4, 0.5) is 0 Å². The number of ether oxygens (including phenoxy) is 2. The van der Waals surface area contributed by atoms with Gasteiger partial charge in [-0.1, -0.05) is 13.0 Å². The molecule has 0 saturated heterocycles. The number of methoxy groups -OCH3 is 1. The van der Waals surface area contributed by atoms with E-state index in [9.17, 15) is 4.79 Å². The minimum atomic E-state index is 0.236. The molecule has 0 aromatic heterocycles. The Labute approximate surface area is 109 Å². The lowest BCUT2D eigenvalue weighted by molar-refractivity contribution is -0.117. The number of carbonyl (C=O) groups is 1. The summed E-state index contributed by atoms with van der Waals surface area (Å²) >= 11 is 0. The molecule has 100 valence electrons. The van der Waals surface area contributed by atoms with Crippen LogP contribution in [0, 0.1) is 0 Å². The van der Waals surface area contributed by atoms with Crippen LogP contribution in [-0.4, -0.2) is 19.5 Å². The average Bonchev–Trinajstić information content (AvgIpc) is 2.38. The quantitative estimate of drug-likeness (QED) is 0.663. The van der Waals surface area contributed by atoms with Crippen molar-refractivity contribution in [3.05, 3.63) is 23.8 Å². The van der Waals surface area contributed by atoms with E-state index in [0.717, 1.165) is 30.8 Å². The molecule has 0 fully saturated rings. The van der Waals surface area contributed by atoms with Crippen LogP contribution in [0.15, 0.2) is 18.2 Å². The van der Waals surface area contributed by atoms with Crippen molar-refractivity contribution in [1.29, 1.82) is 0 Å². The zero-order valence-corrected chi connectivity index (χ0v) is 11.5. The standard InChI is InChI=1S/C15H22O3/c1-4-13-8-9-14(15(11-13)17-3)18-10-6-5-7-12(2)16/h8-9,11H,4-7,10H2,1-3H3. The highest BCUT2D eigenvalue weighted by atomic mass is 16.5. The molecule has 0 atom stereocenters. The van der Waals surface area contributed by atoms with Gasteiger partial charge in [-0.15, -0.1) is 0 Å². The van der Waals surface area contributed by atoms with Crippen molar-refractivity contribution in [2.75, 3.05) is 13.7 Å². The van der Waals surface area contributed by atoms with E-state index in [1.165, 1.54) is 5.56 Å². The second-order valence-electron chi connectivity index (χ2n) is 4.35. The molecule has 0 spiro atoms. The highest BCUT2D eigenvalue weighted by Gasteiger charge is 2.05. The Morgan fingerprint density at radius 1 is 1.22 bits per heavy atom. The fraction of sp³-hybridized carbons (Fsp3) is 0.533. The van der Waals surface area contributed by atoms with Gasteiger partial charge in [-0.3, -0.25) is 0 Å². The lowest BCUT2D eigenvalue weighted by Crippen LogP contribution is -2.01. The van der Waals surface area contributed by atoms with Crippen LogP contribution in [-0.2, 0) is 11.2 Å². The maximum absolute atomic E-state index is 10.8. The number of ketones is 1. The van der Waals surface area contributed by atoms with E-state index in [2.05, 4.69) is 6.92 Å². The summed E-state index contributed by atoms with van der Waals surface area (Å²) in [5, 5.41) is 0. The number of hydrogen-bond acceptors (Lipinski definition) is 3. The van der Waals surface area contributed by atoms with Crippen LogP contribution in [0.25, 0.3) is 0 Å². The van der Waals surface area contributed by atoms with Crippen molar-refractivity contribution >= 4 is 5.78 Å². The number of unbranched alkanes of at least 4 members (excludes halogenated alkanes) is 1. The maximum atomic E-state index is 10.8. The van der Waals surface area contributed by atoms with Crippen LogP contribution in [0.5, 0.6) is 11.5 Å². The zero-order chi connectivity index (χ0) is 13.4. The second-order valence-corrected chi connectivity index (χ2v) is 4.35. The predicted molar refractivity (Wildman–Crippen MR) is 72.4 cm³/mol. The van der Waals surface area contributed by atoms with Gasteiger partial charge in [-0.25, -0.2) is 0 Å². The number of rotatable bonds is 8. The minimum absolute atomic E-state index is 0.236. The van der Waals surface area contributed by atoms with Gasteiger partial charge in [0.05, 0.1) is 13.7 Å². The molecule has 1 aromatic rings. The van der Waals surface area contributed by atoms with E-state index in [1.807, 2.05) is 18.2 Å². The van der Waals surface area contributed by atoms with E-state index in [-0.39, 0.29) is 5.78 Å². The summed E-state index contributed by atoms with van der Waals surface area (Å²) in [5.41, 5.74) is 1.23. The molecule has 0 radical (unpaired) electrons. The number of hydrogen-bond donors (Lipinski definition) is 0. The first-order chi connectivity index (χ1) is 8.67. The third kappa shape index (κ3) is 4.78. The largest absolute Gasteiger partial charge is 0.493 e. The Balaban J connectivity index is 2.44. The highest BCUT2D eigenvalue weighted by Crippen LogP contribution is 2.28. The van der Waals surface area contributed by atoms with Gasteiger partial charge in [-0.2, -0.15) is 0 Å². The molecule has 0 N–H and O–H groups in total. The first-order valence-corrected chi connectivity index (χ1v) is 6.46. The maximum Gasteiger partial charge on any atom is 0.161 e. The van der Waals surface area contributed by atoms with Crippen molar-refractivity contribution in [1.82, 2.24) is 0 Å². The molecule has 0 saturated carbocycles. The number of carbonyl (C=O) groups excluding carboxylic acids is 1. The molecule has 0 unspecified atom stereocenters. The lowest BCUT2D eigenvalue weighted by atomic mass is 10.1. The average molecular weight is 250 g/mol. The fourth-order valence-electron chi connectivity index (χ4n) is 1.71. The number of Topliss-reactive ketones (excluding diaryl/α,β-unsaturated/α-hetero) is 1. The molecule has 0 aliphatic heterocycles. The third-order valence-corrected chi connectivity index (χ3v) is 2.82. The Hall–Kier alpha value is -1.51. The van der Waals surface area contributed by atoms with E-state index in [0.29, 0.717) is 13.0 Å². The van der Waals surface area contributed by atoms with Gasteiger partial charge < -0.3 is 14.3 Å². The third-order valence-electron chi connectivity index (χ3n) is 2.82. The van der Waals surface area contributed by atoms with Gasteiger partial charge >= 0.3 is 0 Å². The van der Waals surface area contributed by atoms with Crippen molar-refractivity contribution in [2.24, 2.45) is 0 Å². The van der Waals surface area contributed by atoms with Gasteiger partial charge in [0.1, 0.15) is 5.78 Å². The van der Waals surface area contributed by atoms with Gasteiger partial charge in [-0.05, 0) is 43.9 Å². The Kier molecular flexibility index (Phi) is 6.26. The molecule has 0 amide bonds. The van der Waals surface area contributed by atoms with Crippen molar-refractivity contribution in [3.8, 4) is 11.5 Å². The molecule has 0 aliphatic carbocycles. The molecular weight excluding hydrogens is 228 g/mol. The first kappa shape index (κ1) is 14.6. The molecule has 3 nitrogen and oxygen atoms in total. The van der Waals surface area contributed by atoms with E-state index < -0.39 is 0 Å². The van der Waals surface area contributed by atoms with Crippen LogP contribution in [0.2, 0.25) is 0 Å². The van der Waals surface area contributed by atoms with Crippen molar-refractivity contribution < 1.29 is 14.3 Å². The summed E-state index contributed by atoms with van der Waals surface area (Å²) in [6.45, 7) is 4.35. The zero-order valence-electron chi connectivity index (χ0n) is 11.5. The summed E-state index contributed by atoms with van der Waals surface area (Å²) in [7, 11) is 1.65. The highest BCUT2D eigenvalue weighted by molar-refractivity contribution is 5.75. The van der Waals surface area contributed by atoms with Crippen LogP contribution >= 0.6 is 0 Å². The van der Waals surface area contributed by atoms with E-state index in [4.69, 9.17) is 9.47 Å². The smallest absolute Gasteiger partial charge is 0.161 e. The lowest BCUT2D eigenvalue weighted by Gasteiger charge is -2.11. The second kappa shape index (κ2) is 7.75. The SMILES string of the molecule is CCc1ccc(OCCCCC(C)=O)c(OC)c1. The van der Waals surface area contributed by atoms with Crippen molar-refractivity contribution in [2.45, 2.75) is 39.5 Å². The fourth-order valence-corrected chi connectivity index (χ4v) is 1.71. The van der Waals surface area contributed by atoms with E-state index in [1.54, 1.807) is 14.0 Å². The minimum Gasteiger partial charge on any atom is -0.493 e. The Bertz CT molecular complexity index is 385. The monoisotopic (exact) mass is 250 g/mol. The van der Waals surface area contributed by atoms with Gasteiger partial charge in [0.2, 0.25) is 0 Å². The Morgan fingerprint density at radius 2 is 2.00 bits per heavy atom. The van der Waals surface area contributed by atoms with Gasteiger partial charge in [0, 0.05) is 6.42 Å². The van der Waals surface area contributed by atoms with Crippen LogP contribution in [0.3, 0.4) is 0 Å². The number of aryl methyl sites for hydroxylation is 1. The molecule has 1 aromatic carbocycles. The molecule has 1 rings (SSSR count). The predicted octanol–water partition coefficient (Wildman–Crippen LogP) is 3.40. The summed E-state index contributed by atoms with van der Waals surface area (Å²) in [6.07, 6.45) is 3.38. The topological polar surface area (TPSA) is 35.5 Å². The Morgan fingerprint density at radius 3 is 2.61 bits per heavy atom. The normalized spacial score (nSPS) is 10.2. The van der Waals surface area contributed by atoms with Crippen molar-refractivity contribution in [3.63, 3.8) is 0 Å². The molecule has 0 heterocycles. The molecule has 3 heteroatoms. The first-order valence-electron chi connectivity index (χ1n) is 6.46. The summed E-state index contributed by atoms with van der Waals surface area (Å²) in [4.78, 5) is 10.8. The van der Waals surface area contributed by atoms with E-state index >= 15 is 0 Å². The molecular formula is C15H22O3.